The normalized spacial score (nSPS) is 16.0. The summed E-state index contributed by atoms with van der Waals surface area (Å²) in [4.78, 5) is 12.4. The average molecular weight is 331 g/mol. The minimum atomic E-state index is -0.599. The molecular formula is C19H23ClN2O. The van der Waals surface area contributed by atoms with Crippen molar-refractivity contribution in [1.29, 1.82) is 0 Å². The van der Waals surface area contributed by atoms with Crippen LogP contribution in [0.5, 0.6) is 0 Å². The van der Waals surface area contributed by atoms with Crippen LogP contribution in [0.2, 0.25) is 0 Å². The van der Waals surface area contributed by atoms with Gasteiger partial charge in [-0.2, -0.15) is 0 Å². The molecule has 1 aliphatic rings. The van der Waals surface area contributed by atoms with Crippen LogP contribution in [0.4, 0.5) is 0 Å². The third-order valence-electron chi connectivity index (χ3n) is 4.26. The molecule has 2 aromatic rings. The van der Waals surface area contributed by atoms with Gasteiger partial charge < -0.3 is 11.1 Å². The van der Waals surface area contributed by atoms with Crippen LogP contribution < -0.4 is 11.1 Å². The van der Waals surface area contributed by atoms with E-state index in [4.69, 9.17) is 5.73 Å². The Kier molecular flexibility index (Phi) is 6.20. The third-order valence-corrected chi connectivity index (χ3v) is 4.26. The number of rotatable bonds is 6. The molecule has 0 saturated heterocycles. The summed E-state index contributed by atoms with van der Waals surface area (Å²) in [7, 11) is 0. The Hall–Kier alpha value is -1.84. The number of benzene rings is 2. The molecule has 1 aliphatic carbocycles. The maximum atomic E-state index is 12.4. The van der Waals surface area contributed by atoms with E-state index < -0.39 is 6.04 Å². The molecule has 0 radical (unpaired) electrons. The fourth-order valence-corrected chi connectivity index (χ4v) is 2.79. The van der Waals surface area contributed by atoms with Gasteiger partial charge >= 0.3 is 0 Å². The number of amides is 1. The van der Waals surface area contributed by atoms with E-state index in [2.05, 4.69) is 17.4 Å². The predicted molar refractivity (Wildman–Crippen MR) is 95.4 cm³/mol. The van der Waals surface area contributed by atoms with Crippen molar-refractivity contribution in [3.05, 3.63) is 71.8 Å². The average Bonchev–Trinajstić information content (AvgIpc) is 3.40. The van der Waals surface area contributed by atoms with E-state index in [-0.39, 0.29) is 24.4 Å². The summed E-state index contributed by atoms with van der Waals surface area (Å²) in [6, 6.07) is 19.4. The Balaban J connectivity index is 0.00000192. The van der Waals surface area contributed by atoms with E-state index in [0.717, 1.165) is 12.0 Å². The van der Waals surface area contributed by atoms with Gasteiger partial charge in [0.25, 0.3) is 0 Å². The minimum absolute atomic E-state index is 0. The number of hydrogen-bond acceptors (Lipinski definition) is 2. The maximum absolute atomic E-state index is 12.4. The molecule has 23 heavy (non-hydrogen) atoms. The number of carbonyl (C=O) groups excluding carboxylic acids is 1. The van der Waals surface area contributed by atoms with Crippen molar-refractivity contribution in [1.82, 2.24) is 5.32 Å². The molecule has 1 saturated carbocycles. The fraction of sp³-hybridized carbons (Fsp3) is 0.316. The summed E-state index contributed by atoms with van der Waals surface area (Å²) >= 11 is 0. The second-order valence-electron chi connectivity index (χ2n) is 6.03. The standard InChI is InChI=1S/C19H22N2O.ClH/c20-18(16-9-5-2-6-10-16)19(22)21-17(15-11-12-15)13-14-7-3-1-4-8-14;/h1-10,15,17-18H,11-13,20H2,(H,21,22);1H. The van der Waals surface area contributed by atoms with E-state index in [1.54, 1.807) is 0 Å². The van der Waals surface area contributed by atoms with E-state index in [0.29, 0.717) is 5.92 Å². The largest absolute Gasteiger partial charge is 0.351 e. The molecule has 2 aromatic carbocycles. The summed E-state index contributed by atoms with van der Waals surface area (Å²) in [6.07, 6.45) is 3.26. The Bertz CT molecular complexity index is 614. The monoisotopic (exact) mass is 330 g/mol. The topological polar surface area (TPSA) is 55.1 Å². The molecular weight excluding hydrogens is 308 g/mol. The molecule has 0 spiro atoms. The van der Waals surface area contributed by atoms with Crippen molar-refractivity contribution >= 4 is 18.3 Å². The van der Waals surface area contributed by atoms with Gasteiger partial charge in [0.15, 0.2) is 0 Å². The highest BCUT2D eigenvalue weighted by Gasteiger charge is 2.33. The highest BCUT2D eigenvalue weighted by atomic mass is 35.5. The quantitative estimate of drug-likeness (QED) is 0.854. The molecule has 4 heteroatoms. The van der Waals surface area contributed by atoms with E-state index in [1.165, 1.54) is 18.4 Å². The number of hydrogen-bond donors (Lipinski definition) is 2. The van der Waals surface area contributed by atoms with Crippen molar-refractivity contribution in [3.8, 4) is 0 Å². The van der Waals surface area contributed by atoms with E-state index in [1.807, 2.05) is 48.5 Å². The molecule has 0 heterocycles. The molecule has 3 N–H and O–H groups in total. The lowest BCUT2D eigenvalue weighted by Gasteiger charge is -2.21. The highest BCUT2D eigenvalue weighted by molar-refractivity contribution is 5.85. The lowest BCUT2D eigenvalue weighted by atomic mass is 10.0. The van der Waals surface area contributed by atoms with Crippen LogP contribution in [0.3, 0.4) is 0 Å². The van der Waals surface area contributed by atoms with Crippen molar-refractivity contribution < 1.29 is 4.79 Å². The Labute approximate surface area is 143 Å². The van der Waals surface area contributed by atoms with Gasteiger partial charge in [-0.15, -0.1) is 12.4 Å². The van der Waals surface area contributed by atoms with E-state index in [9.17, 15) is 4.79 Å². The number of nitrogens with one attached hydrogen (secondary N) is 1. The first kappa shape index (κ1) is 17.5. The summed E-state index contributed by atoms with van der Waals surface area (Å²) in [5, 5.41) is 3.16. The first-order chi connectivity index (χ1) is 10.7. The molecule has 2 unspecified atom stereocenters. The molecule has 1 amide bonds. The first-order valence-corrected chi connectivity index (χ1v) is 7.89. The van der Waals surface area contributed by atoms with Crippen molar-refractivity contribution in [3.63, 3.8) is 0 Å². The van der Waals surface area contributed by atoms with Crippen LogP contribution in [0.15, 0.2) is 60.7 Å². The zero-order valence-corrected chi connectivity index (χ0v) is 13.8. The van der Waals surface area contributed by atoms with Gasteiger partial charge in [0.1, 0.15) is 6.04 Å². The maximum Gasteiger partial charge on any atom is 0.241 e. The zero-order valence-electron chi connectivity index (χ0n) is 13.0. The molecule has 122 valence electrons. The molecule has 3 nitrogen and oxygen atoms in total. The molecule has 0 aromatic heterocycles. The van der Waals surface area contributed by atoms with Crippen LogP contribution in [-0.4, -0.2) is 11.9 Å². The van der Waals surface area contributed by atoms with E-state index >= 15 is 0 Å². The van der Waals surface area contributed by atoms with Crippen LogP contribution >= 0.6 is 12.4 Å². The summed E-state index contributed by atoms with van der Waals surface area (Å²) < 4.78 is 0. The van der Waals surface area contributed by atoms with Gasteiger partial charge in [-0.1, -0.05) is 60.7 Å². The second kappa shape index (κ2) is 8.14. The lowest BCUT2D eigenvalue weighted by Crippen LogP contribution is -2.43. The van der Waals surface area contributed by atoms with Crippen molar-refractivity contribution in [2.75, 3.05) is 0 Å². The number of halogens is 1. The minimum Gasteiger partial charge on any atom is -0.351 e. The van der Waals surface area contributed by atoms with Crippen LogP contribution in [0, 0.1) is 5.92 Å². The van der Waals surface area contributed by atoms with Gasteiger partial charge in [0.05, 0.1) is 0 Å². The molecule has 3 rings (SSSR count). The van der Waals surface area contributed by atoms with Crippen LogP contribution in [0.25, 0.3) is 0 Å². The first-order valence-electron chi connectivity index (χ1n) is 7.89. The smallest absolute Gasteiger partial charge is 0.241 e. The second-order valence-corrected chi connectivity index (χ2v) is 6.03. The molecule has 2 atom stereocenters. The van der Waals surface area contributed by atoms with Gasteiger partial charge in [0, 0.05) is 6.04 Å². The molecule has 1 fully saturated rings. The summed E-state index contributed by atoms with van der Waals surface area (Å²) in [6.45, 7) is 0. The number of carbonyl (C=O) groups is 1. The fourth-order valence-electron chi connectivity index (χ4n) is 2.79. The molecule has 0 aliphatic heterocycles. The zero-order chi connectivity index (χ0) is 15.4. The molecule has 0 bridgehead atoms. The van der Waals surface area contributed by atoms with Crippen LogP contribution in [-0.2, 0) is 11.2 Å². The number of nitrogens with two attached hydrogens (primary N) is 1. The highest BCUT2D eigenvalue weighted by Crippen LogP contribution is 2.34. The van der Waals surface area contributed by atoms with Gasteiger partial charge in [0.2, 0.25) is 5.91 Å². The van der Waals surface area contributed by atoms with Crippen molar-refractivity contribution in [2.24, 2.45) is 11.7 Å². The predicted octanol–water partition coefficient (Wildman–Crippen LogP) is 3.25. The van der Waals surface area contributed by atoms with Gasteiger partial charge in [-0.25, -0.2) is 0 Å². The lowest BCUT2D eigenvalue weighted by molar-refractivity contribution is -0.123. The van der Waals surface area contributed by atoms with Crippen LogP contribution in [0.1, 0.15) is 30.0 Å². The summed E-state index contributed by atoms with van der Waals surface area (Å²) in [5.74, 6) is 0.506. The van der Waals surface area contributed by atoms with Gasteiger partial charge in [-0.05, 0) is 36.3 Å². The SMILES string of the molecule is Cl.NC(C(=O)NC(Cc1ccccc1)C1CC1)c1ccccc1. The Morgan fingerprint density at radius 2 is 1.61 bits per heavy atom. The Morgan fingerprint density at radius 3 is 2.17 bits per heavy atom. The van der Waals surface area contributed by atoms with Gasteiger partial charge in [-0.3, -0.25) is 4.79 Å². The summed E-state index contributed by atoms with van der Waals surface area (Å²) in [5.41, 5.74) is 8.20. The van der Waals surface area contributed by atoms with Crippen molar-refractivity contribution in [2.45, 2.75) is 31.3 Å². The Morgan fingerprint density at radius 1 is 1.04 bits per heavy atom. The third kappa shape index (κ3) is 4.81.